The Morgan fingerprint density at radius 3 is 2.87 bits per heavy atom. The van der Waals surface area contributed by atoms with Gasteiger partial charge in [-0.3, -0.25) is 4.79 Å². The number of likely N-dealkylation sites (N-methyl/N-ethyl adjacent to an activating group) is 1. The van der Waals surface area contributed by atoms with Crippen LogP contribution in [0.25, 0.3) is 0 Å². The zero-order chi connectivity index (χ0) is 16.8. The first-order valence-electron chi connectivity index (χ1n) is 7.62. The molecule has 1 amide bonds. The van der Waals surface area contributed by atoms with Crippen molar-refractivity contribution in [3.8, 4) is 5.88 Å². The van der Waals surface area contributed by atoms with E-state index in [4.69, 9.17) is 4.74 Å². The van der Waals surface area contributed by atoms with Crippen molar-refractivity contribution in [3.63, 3.8) is 0 Å². The molecular formula is C15H22N6O2. The van der Waals surface area contributed by atoms with E-state index in [0.29, 0.717) is 30.4 Å². The standard InChI is InChI=1S/C15H22N6O2/c1-5-8-23-14-12(7-6-11(3)16-14)15(22)21(4)9-10(2)13-17-19-20-18-13/h6-7,10H,5,8-9H2,1-4H3,(H,17,18,19,20). The van der Waals surface area contributed by atoms with Gasteiger partial charge in [-0.1, -0.05) is 19.1 Å². The van der Waals surface area contributed by atoms with Gasteiger partial charge in [0.05, 0.1) is 6.61 Å². The second kappa shape index (κ2) is 7.66. The Morgan fingerprint density at radius 2 is 2.22 bits per heavy atom. The van der Waals surface area contributed by atoms with Gasteiger partial charge in [-0.25, -0.2) is 4.98 Å². The molecular weight excluding hydrogens is 296 g/mol. The SMILES string of the molecule is CCCOc1nc(C)ccc1C(=O)N(C)CC(C)c1nn[nH]n1. The average Bonchev–Trinajstić information content (AvgIpc) is 3.06. The Hall–Kier alpha value is -2.51. The second-order valence-corrected chi connectivity index (χ2v) is 5.51. The van der Waals surface area contributed by atoms with Crippen LogP contribution in [0.1, 0.15) is 48.1 Å². The molecule has 0 saturated heterocycles. The van der Waals surface area contributed by atoms with Crippen LogP contribution in [0.2, 0.25) is 0 Å². The van der Waals surface area contributed by atoms with Crippen molar-refractivity contribution >= 4 is 5.91 Å². The summed E-state index contributed by atoms with van der Waals surface area (Å²) < 4.78 is 5.62. The molecule has 2 heterocycles. The number of ether oxygens (including phenoxy) is 1. The lowest BCUT2D eigenvalue weighted by molar-refractivity contribution is 0.0781. The third-order valence-corrected chi connectivity index (χ3v) is 3.37. The monoisotopic (exact) mass is 318 g/mol. The first-order chi connectivity index (χ1) is 11.0. The number of tetrazole rings is 1. The first kappa shape index (κ1) is 16.9. The van der Waals surface area contributed by atoms with Crippen LogP contribution in [0.3, 0.4) is 0 Å². The van der Waals surface area contributed by atoms with E-state index in [9.17, 15) is 4.79 Å². The number of carbonyl (C=O) groups excluding carboxylic acids is 1. The minimum Gasteiger partial charge on any atom is -0.477 e. The summed E-state index contributed by atoms with van der Waals surface area (Å²) in [5, 5.41) is 13.9. The van der Waals surface area contributed by atoms with E-state index >= 15 is 0 Å². The van der Waals surface area contributed by atoms with Crippen molar-refractivity contribution in [2.45, 2.75) is 33.1 Å². The summed E-state index contributed by atoms with van der Waals surface area (Å²) >= 11 is 0. The largest absolute Gasteiger partial charge is 0.477 e. The summed E-state index contributed by atoms with van der Waals surface area (Å²) in [7, 11) is 1.74. The highest BCUT2D eigenvalue weighted by Gasteiger charge is 2.21. The minimum absolute atomic E-state index is 0.0267. The number of amides is 1. The lowest BCUT2D eigenvalue weighted by Crippen LogP contribution is -2.31. The molecule has 0 radical (unpaired) electrons. The molecule has 0 bridgehead atoms. The molecule has 0 aromatic carbocycles. The molecule has 0 aliphatic carbocycles. The van der Waals surface area contributed by atoms with Crippen LogP contribution in [0.5, 0.6) is 5.88 Å². The van der Waals surface area contributed by atoms with Crippen molar-refractivity contribution in [1.82, 2.24) is 30.5 Å². The van der Waals surface area contributed by atoms with E-state index in [1.54, 1.807) is 18.0 Å². The maximum atomic E-state index is 12.7. The van der Waals surface area contributed by atoms with E-state index in [-0.39, 0.29) is 11.8 Å². The molecule has 0 aliphatic heterocycles. The third kappa shape index (κ3) is 4.24. The third-order valence-electron chi connectivity index (χ3n) is 3.37. The number of hydrogen-bond donors (Lipinski definition) is 1. The Kier molecular flexibility index (Phi) is 5.61. The second-order valence-electron chi connectivity index (χ2n) is 5.51. The fourth-order valence-corrected chi connectivity index (χ4v) is 2.16. The topological polar surface area (TPSA) is 96.9 Å². The number of nitrogens with one attached hydrogen (secondary N) is 1. The van der Waals surface area contributed by atoms with Gasteiger partial charge in [0.25, 0.3) is 5.91 Å². The summed E-state index contributed by atoms with van der Waals surface area (Å²) in [6.07, 6.45) is 0.855. The number of carbonyl (C=O) groups is 1. The lowest BCUT2D eigenvalue weighted by atomic mass is 10.1. The molecule has 2 aromatic rings. The number of aryl methyl sites for hydroxylation is 1. The minimum atomic E-state index is -0.140. The predicted octanol–water partition coefficient (Wildman–Crippen LogP) is 1.57. The Bertz CT molecular complexity index is 643. The molecule has 124 valence electrons. The highest BCUT2D eigenvalue weighted by Crippen LogP contribution is 2.20. The number of nitrogens with zero attached hydrogens (tertiary/aromatic N) is 5. The number of H-pyrrole nitrogens is 1. The lowest BCUT2D eigenvalue weighted by Gasteiger charge is -2.21. The van der Waals surface area contributed by atoms with Crippen molar-refractivity contribution < 1.29 is 9.53 Å². The number of aromatic nitrogens is 5. The van der Waals surface area contributed by atoms with Crippen LogP contribution in [-0.2, 0) is 0 Å². The van der Waals surface area contributed by atoms with Crippen LogP contribution in [0.4, 0.5) is 0 Å². The molecule has 0 saturated carbocycles. The summed E-state index contributed by atoms with van der Waals surface area (Å²) in [6, 6.07) is 3.56. The molecule has 8 heteroatoms. The molecule has 1 N–H and O–H groups in total. The van der Waals surface area contributed by atoms with Gasteiger partial charge in [-0.2, -0.15) is 5.21 Å². The van der Waals surface area contributed by atoms with E-state index in [1.807, 2.05) is 26.8 Å². The fraction of sp³-hybridized carbons (Fsp3) is 0.533. The quantitative estimate of drug-likeness (QED) is 0.832. The highest BCUT2D eigenvalue weighted by molar-refractivity contribution is 5.96. The molecule has 2 aromatic heterocycles. The summed E-state index contributed by atoms with van der Waals surface area (Å²) in [4.78, 5) is 18.6. The molecule has 1 unspecified atom stereocenters. The first-order valence-corrected chi connectivity index (χ1v) is 7.62. The van der Waals surface area contributed by atoms with Gasteiger partial charge >= 0.3 is 0 Å². The maximum Gasteiger partial charge on any atom is 0.259 e. The fourth-order valence-electron chi connectivity index (χ4n) is 2.16. The molecule has 0 fully saturated rings. The van der Waals surface area contributed by atoms with Gasteiger partial charge in [0.15, 0.2) is 5.82 Å². The normalized spacial score (nSPS) is 12.0. The van der Waals surface area contributed by atoms with Crippen LogP contribution in [0.15, 0.2) is 12.1 Å². The molecule has 1 atom stereocenters. The van der Waals surface area contributed by atoms with Crippen LogP contribution in [-0.4, -0.2) is 56.6 Å². The van der Waals surface area contributed by atoms with E-state index in [1.165, 1.54) is 0 Å². The molecule has 0 spiro atoms. The molecule has 0 aliphatic rings. The van der Waals surface area contributed by atoms with Crippen molar-refractivity contribution in [2.75, 3.05) is 20.2 Å². The van der Waals surface area contributed by atoms with Crippen molar-refractivity contribution in [1.29, 1.82) is 0 Å². The Labute approximate surface area is 135 Å². The van der Waals surface area contributed by atoms with E-state index < -0.39 is 0 Å². The molecule has 23 heavy (non-hydrogen) atoms. The number of pyridine rings is 1. The smallest absolute Gasteiger partial charge is 0.259 e. The average molecular weight is 318 g/mol. The van der Waals surface area contributed by atoms with Gasteiger partial charge in [0.2, 0.25) is 5.88 Å². The Morgan fingerprint density at radius 1 is 1.43 bits per heavy atom. The highest BCUT2D eigenvalue weighted by atomic mass is 16.5. The van der Waals surface area contributed by atoms with E-state index in [0.717, 1.165) is 12.1 Å². The number of hydrogen-bond acceptors (Lipinski definition) is 6. The van der Waals surface area contributed by atoms with Crippen LogP contribution >= 0.6 is 0 Å². The summed E-state index contributed by atoms with van der Waals surface area (Å²) in [5.74, 6) is 0.796. The molecule has 2 rings (SSSR count). The van der Waals surface area contributed by atoms with Crippen LogP contribution in [0, 0.1) is 6.92 Å². The predicted molar refractivity (Wildman–Crippen MR) is 84.3 cm³/mol. The number of rotatable bonds is 7. The van der Waals surface area contributed by atoms with E-state index in [2.05, 4.69) is 25.6 Å². The van der Waals surface area contributed by atoms with Gasteiger partial charge < -0.3 is 9.64 Å². The van der Waals surface area contributed by atoms with Gasteiger partial charge in [-0.15, -0.1) is 10.2 Å². The van der Waals surface area contributed by atoms with Gasteiger partial charge in [-0.05, 0) is 25.5 Å². The summed E-state index contributed by atoms with van der Waals surface area (Å²) in [6.45, 7) is 6.82. The van der Waals surface area contributed by atoms with Crippen molar-refractivity contribution in [2.24, 2.45) is 0 Å². The van der Waals surface area contributed by atoms with Gasteiger partial charge in [0.1, 0.15) is 5.56 Å². The van der Waals surface area contributed by atoms with Gasteiger partial charge in [0, 0.05) is 25.2 Å². The van der Waals surface area contributed by atoms with Crippen LogP contribution < -0.4 is 4.74 Å². The zero-order valence-corrected chi connectivity index (χ0v) is 13.9. The van der Waals surface area contributed by atoms with Crippen molar-refractivity contribution in [3.05, 3.63) is 29.2 Å². The maximum absolute atomic E-state index is 12.7. The number of aromatic amines is 1. The molecule has 8 nitrogen and oxygen atoms in total. The zero-order valence-electron chi connectivity index (χ0n) is 13.9. The Balaban J connectivity index is 2.12. The summed E-state index contributed by atoms with van der Waals surface area (Å²) in [5.41, 5.74) is 1.28.